The minimum absolute atomic E-state index is 0.192. The van der Waals surface area contributed by atoms with Gasteiger partial charge in [0.2, 0.25) is 0 Å². The third-order valence-electron chi connectivity index (χ3n) is 3.37. The van der Waals surface area contributed by atoms with Crippen LogP contribution in [0.5, 0.6) is 0 Å². The van der Waals surface area contributed by atoms with Gasteiger partial charge in [-0.15, -0.1) is 13.2 Å². The summed E-state index contributed by atoms with van der Waals surface area (Å²) in [5.74, 6) is 0. The third-order valence-corrected chi connectivity index (χ3v) is 3.37. The van der Waals surface area contributed by atoms with Crippen LogP contribution in [-0.4, -0.2) is 25.0 Å². The highest BCUT2D eigenvalue weighted by Crippen LogP contribution is 2.30. The monoisotopic (exact) mass is 303 g/mol. The fraction of sp³-hybridized carbons (Fsp3) is 0.500. The van der Waals surface area contributed by atoms with E-state index in [2.05, 4.69) is 10.1 Å². The molecule has 7 heteroatoms. The second-order valence-electron chi connectivity index (χ2n) is 4.89. The lowest BCUT2D eigenvalue weighted by atomic mass is 10.1. The Balaban J connectivity index is 1.92. The van der Waals surface area contributed by atoms with Crippen LogP contribution < -0.4 is 5.32 Å². The quantitative estimate of drug-likeness (QED) is 0.648. The summed E-state index contributed by atoms with van der Waals surface area (Å²) in [6.07, 6.45) is -5.05. The van der Waals surface area contributed by atoms with Crippen LogP contribution in [0.3, 0.4) is 0 Å². The number of hydrogen-bond donors (Lipinski definition) is 1. The van der Waals surface area contributed by atoms with E-state index in [9.17, 15) is 18.0 Å². The second-order valence-corrected chi connectivity index (χ2v) is 4.89. The molecule has 0 saturated heterocycles. The fourth-order valence-electron chi connectivity index (χ4n) is 2.50. The Morgan fingerprint density at radius 3 is 2.57 bits per heavy atom. The maximum Gasteiger partial charge on any atom is 0.522 e. The van der Waals surface area contributed by atoms with Gasteiger partial charge in [-0.05, 0) is 19.3 Å². The number of hydrogen-bond acceptors (Lipinski definition) is 4. The summed E-state index contributed by atoms with van der Waals surface area (Å²) in [6.45, 7) is 0.323. The Labute approximate surface area is 120 Å². The zero-order valence-electron chi connectivity index (χ0n) is 11.2. The summed E-state index contributed by atoms with van der Waals surface area (Å²) in [7, 11) is 0. The molecule has 1 aliphatic carbocycles. The van der Waals surface area contributed by atoms with Crippen molar-refractivity contribution in [2.75, 3.05) is 0 Å². The van der Waals surface area contributed by atoms with Crippen molar-refractivity contribution >= 4 is 6.47 Å². The van der Waals surface area contributed by atoms with Gasteiger partial charge < -0.3 is 4.74 Å². The van der Waals surface area contributed by atoms with Crippen LogP contribution in [0.1, 0.15) is 31.1 Å². The molecule has 4 nitrogen and oxygen atoms in total. The minimum atomic E-state index is -4.61. The Kier molecular flexibility index (Phi) is 5.19. The predicted molar refractivity (Wildman–Crippen MR) is 68.0 cm³/mol. The van der Waals surface area contributed by atoms with Crippen LogP contribution in [0, 0.1) is 0 Å². The highest BCUT2D eigenvalue weighted by Gasteiger charge is 2.37. The maximum atomic E-state index is 12.2. The van der Waals surface area contributed by atoms with Crippen LogP contribution in [0.2, 0.25) is 0 Å². The number of halogens is 3. The van der Waals surface area contributed by atoms with Gasteiger partial charge in [0.15, 0.2) is 6.23 Å². The minimum Gasteiger partial charge on any atom is -0.444 e. The molecular weight excluding hydrogens is 287 g/mol. The Morgan fingerprint density at radius 1 is 1.24 bits per heavy atom. The third kappa shape index (κ3) is 5.02. The number of rotatable bonds is 6. The van der Waals surface area contributed by atoms with Gasteiger partial charge in [-0.3, -0.25) is 14.8 Å². The number of benzene rings is 1. The molecule has 1 aliphatic rings. The van der Waals surface area contributed by atoms with Gasteiger partial charge in [0.05, 0.1) is 6.10 Å². The molecule has 0 radical (unpaired) electrons. The van der Waals surface area contributed by atoms with E-state index in [0.29, 0.717) is 19.3 Å². The molecule has 1 saturated carbocycles. The van der Waals surface area contributed by atoms with Crippen LogP contribution >= 0.6 is 0 Å². The average Bonchev–Trinajstić information content (AvgIpc) is 2.84. The van der Waals surface area contributed by atoms with Crippen molar-refractivity contribution < 1.29 is 27.4 Å². The van der Waals surface area contributed by atoms with Crippen molar-refractivity contribution in [3.63, 3.8) is 0 Å². The SMILES string of the molecule is O=COC(NC1CCC(OC(F)(F)F)C1)c1ccccc1. The van der Waals surface area contributed by atoms with E-state index in [-0.39, 0.29) is 12.5 Å². The molecule has 3 unspecified atom stereocenters. The van der Waals surface area contributed by atoms with Crippen molar-refractivity contribution in [3.8, 4) is 0 Å². The Hall–Kier alpha value is -1.60. The highest BCUT2D eigenvalue weighted by atomic mass is 19.4. The van der Waals surface area contributed by atoms with Crippen LogP contribution in [0.4, 0.5) is 13.2 Å². The molecular formula is C14H16F3NO3. The van der Waals surface area contributed by atoms with Gasteiger partial charge in [0.1, 0.15) is 0 Å². The van der Waals surface area contributed by atoms with E-state index in [1.807, 2.05) is 6.07 Å². The van der Waals surface area contributed by atoms with E-state index in [4.69, 9.17) is 4.74 Å². The number of ether oxygens (including phenoxy) is 2. The number of alkyl halides is 3. The largest absolute Gasteiger partial charge is 0.522 e. The first-order chi connectivity index (χ1) is 9.98. The van der Waals surface area contributed by atoms with Crippen molar-refractivity contribution in [3.05, 3.63) is 35.9 Å². The summed E-state index contributed by atoms with van der Waals surface area (Å²) >= 11 is 0. The molecule has 1 aromatic rings. The molecule has 0 heterocycles. The van der Waals surface area contributed by atoms with Gasteiger partial charge in [0, 0.05) is 11.6 Å². The van der Waals surface area contributed by atoms with E-state index in [1.54, 1.807) is 24.3 Å². The summed E-state index contributed by atoms with van der Waals surface area (Å²) in [4.78, 5) is 10.6. The first-order valence-electron chi connectivity index (χ1n) is 6.62. The average molecular weight is 303 g/mol. The van der Waals surface area contributed by atoms with Crippen molar-refractivity contribution in [2.24, 2.45) is 0 Å². The molecule has 0 spiro atoms. The Bertz CT molecular complexity index is 453. The summed E-state index contributed by atoms with van der Waals surface area (Å²) in [5, 5.41) is 3.05. The molecule has 2 rings (SSSR count). The first kappa shape index (κ1) is 15.8. The van der Waals surface area contributed by atoms with Crippen LogP contribution in [-0.2, 0) is 14.3 Å². The lowest BCUT2D eigenvalue weighted by Crippen LogP contribution is -2.33. The standard InChI is InChI=1S/C14H16F3NO3/c15-14(16,17)21-12-7-6-11(8-12)18-13(20-9-19)10-4-2-1-3-5-10/h1-5,9,11-13,18H,6-8H2. The summed E-state index contributed by atoms with van der Waals surface area (Å²) in [5.41, 5.74) is 0.741. The topological polar surface area (TPSA) is 47.6 Å². The van der Waals surface area contributed by atoms with Gasteiger partial charge in [0.25, 0.3) is 6.47 Å². The van der Waals surface area contributed by atoms with Crippen molar-refractivity contribution in [1.29, 1.82) is 0 Å². The second kappa shape index (κ2) is 6.91. The lowest BCUT2D eigenvalue weighted by Gasteiger charge is -2.22. The van der Waals surface area contributed by atoms with E-state index in [1.165, 1.54) is 0 Å². The normalized spacial score (nSPS) is 23.8. The molecule has 1 fully saturated rings. The van der Waals surface area contributed by atoms with Crippen LogP contribution in [0.25, 0.3) is 0 Å². The van der Waals surface area contributed by atoms with Crippen molar-refractivity contribution in [2.45, 2.75) is 44.0 Å². The molecule has 0 aliphatic heterocycles. The summed E-state index contributed by atoms with van der Waals surface area (Å²) < 4.78 is 45.5. The number of nitrogens with one attached hydrogen (secondary N) is 1. The zero-order chi connectivity index (χ0) is 15.3. The van der Waals surface area contributed by atoms with Gasteiger partial charge in [-0.25, -0.2) is 0 Å². The smallest absolute Gasteiger partial charge is 0.444 e. The Morgan fingerprint density at radius 2 is 1.95 bits per heavy atom. The molecule has 116 valence electrons. The molecule has 21 heavy (non-hydrogen) atoms. The fourth-order valence-corrected chi connectivity index (χ4v) is 2.50. The zero-order valence-corrected chi connectivity index (χ0v) is 11.2. The molecule has 0 bridgehead atoms. The highest BCUT2D eigenvalue weighted by molar-refractivity contribution is 5.38. The van der Waals surface area contributed by atoms with Gasteiger partial charge >= 0.3 is 6.36 Å². The first-order valence-corrected chi connectivity index (χ1v) is 6.62. The molecule has 0 amide bonds. The van der Waals surface area contributed by atoms with E-state index >= 15 is 0 Å². The van der Waals surface area contributed by atoms with Crippen LogP contribution in [0.15, 0.2) is 30.3 Å². The number of carbonyl (C=O) groups excluding carboxylic acids is 1. The van der Waals surface area contributed by atoms with E-state index < -0.39 is 18.7 Å². The van der Waals surface area contributed by atoms with E-state index in [0.717, 1.165) is 5.56 Å². The predicted octanol–water partition coefficient (Wildman–Crippen LogP) is 2.91. The van der Waals surface area contributed by atoms with Gasteiger partial charge in [-0.1, -0.05) is 30.3 Å². The molecule has 1 aromatic carbocycles. The molecule has 3 atom stereocenters. The molecule has 1 N–H and O–H groups in total. The number of carbonyl (C=O) groups is 1. The molecule has 0 aromatic heterocycles. The summed E-state index contributed by atoms with van der Waals surface area (Å²) in [6, 6.07) is 8.77. The van der Waals surface area contributed by atoms with Gasteiger partial charge in [-0.2, -0.15) is 0 Å². The maximum absolute atomic E-state index is 12.2. The lowest BCUT2D eigenvalue weighted by molar-refractivity contribution is -0.341. The van der Waals surface area contributed by atoms with Crippen molar-refractivity contribution in [1.82, 2.24) is 5.32 Å².